The summed E-state index contributed by atoms with van der Waals surface area (Å²) in [6.45, 7) is 1.13. The van der Waals surface area contributed by atoms with E-state index in [-0.39, 0.29) is 6.10 Å². The van der Waals surface area contributed by atoms with Gasteiger partial charge in [0.1, 0.15) is 6.10 Å². The maximum atomic E-state index is 5.72. The number of fused-ring (bicyclic) bond motifs is 2. The third-order valence-corrected chi connectivity index (χ3v) is 3.32. The van der Waals surface area contributed by atoms with E-state index in [0.29, 0.717) is 17.1 Å². The highest BCUT2D eigenvalue weighted by Crippen LogP contribution is 2.33. The van der Waals surface area contributed by atoms with Gasteiger partial charge in [0.2, 0.25) is 0 Å². The van der Waals surface area contributed by atoms with Crippen LogP contribution in [0.1, 0.15) is 12.8 Å². The van der Waals surface area contributed by atoms with Gasteiger partial charge in [0.05, 0.1) is 17.4 Å². The van der Waals surface area contributed by atoms with Crippen LogP contribution in [0.3, 0.4) is 0 Å². The third kappa shape index (κ3) is 1.79. The molecule has 5 heteroatoms. The Hall–Kier alpha value is -0.870. The number of halogens is 1. The maximum absolute atomic E-state index is 5.72. The molecule has 1 N–H and O–H groups in total. The van der Waals surface area contributed by atoms with Crippen molar-refractivity contribution in [3.8, 4) is 6.01 Å². The van der Waals surface area contributed by atoms with Gasteiger partial charge in [-0.3, -0.25) is 0 Å². The van der Waals surface area contributed by atoms with Gasteiger partial charge >= 0.3 is 6.01 Å². The van der Waals surface area contributed by atoms with E-state index >= 15 is 0 Å². The molecule has 2 bridgehead atoms. The number of nitrogens with zero attached hydrogens (tertiary/aromatic N) is 2. The van der Waals surface area contributed by atoms with Crippen LogP contribution in [0.5, 0.6) is 6.01 Å². The van der Waals surface area contributed by atoms with Crippen LogP contribution in [0.15, 0.2) is 12.4 Å². The molecule has 15 heavy (non-hydrogen) atoms. The molecule has 0 unspecified atom stereocenters. The Morgan fingerprint density at radius 2 is 2.13 bits per heavy atom. The summed E-state index contributed by atoms with van der Waals surface area (Å²) in [6, 6.07) is 0.910. The zero-order chi connectivity index (χ0) is 10.3. The van der Waals surface area contributed by atoms with Crippen molar-refractivity contribution in [2.45, 2.75) is 25.0 Å². The average molecular weight is 226 g/mol. The van der Waals surface area contributed by atoms with E-state index in [4.69, 9.17) is 16.3 Å². The number of piperidine rings is 1. The molecule has 0 aromatic carbocycles. The van der Waals surface area contributed by atoms with Crippen LogP contribution in [0.4, 0.5) is 0 Å². The van der Waals surface area contributed by atoms with E-state index in [0.717, 1.165) is 18.9 Å². The van der Waals surface area contributed by atoms with Crippen molar-refractivity contribution in [3.63, 3.8) is 0 Å². The van der Waals surface area contributed by atoms with Gasteiger partial charge in [0, 0.05) is 6.04 Å². The Morgan fingerprint density at radius 3 is 2.73 bits per heavy atom. The number of rotatable bonds is 2. The lowest BCUT2D eigenvalue weighted by molar-refractivity contribution is 0.145. The molecule has 1 saturated carbocycles. The highest BCUT2D eigenvalue weighted by Gasteiger charge is 2.41. The number of ether oxygens (including phenoxy) is 1. The number of hydrogen-bond acceptors (Lipinski definition) is 4. The van der Waals surface area contributed by atoms with E-state index in [2.05, 4.69) is 15.3 Å². The summed E-state index contributed by atoms with van der Waals surface area (Å²) >= 11 is 5.70. The van der Waals surface area contributed by atoms with Crippen molar-refractivity contribution in [1.82, 2.24) is 15.3 Å². The second-order valence-electron chi connectivity index (χ2n) is 4.19. The van der Waals surface area contributed by atoms with Crippen LogP contribution in [0.25, 0.3) is 0 Å². The quantitative estimate of drug-likeness (QED) is 0.823. The van der Waals surface area contributed by atoms with Crippen molar-refractivity contribution in [1.29, 1.82) is 0 Å². The van der Waals surface area contributed by atoms with E-state index in [1.807, 2.05) is 0 Å². The molecule has 2 aliphatic rings. The largest absolute Gasteiger partial charge is 0.458 e. The molecule has 1 aromatic heterocycles. The van der Waals surface area contributed by atoms with Gasteiger partial charge in [-0.2, -0.15) is 0 Å². The number of hydrogen-bond donors (Lipinski definition) is 1. The van der Waals surface area contributed by atoms with E-state index in [1.54, 1.807) is 12.4 Å². The van der Waals surface area contributed by atoms with Crippen LogP contribution in [-0.4, -0.2) is 28.7 Å². The van der Waals surface area contributed by atoms with Crippen LogP contribution in [0.2, 0.25) is 5.02 Å². The minimum atomic E-state index is 0.227. The lowest BCUT2D eigenvalue weighted by Gasteiger charge is -2.22. The molecule has 0 spiro atoms. The second-order valence-corrected chi connectivity index (χ2v) is 4.63. The molecule has 1 aliphatic carbocycles. The predicted octanol–water partition coefficient (Wildman–Crippen LogP) is 1.26. The molecule has 3 rings (SSSR count). The van der Waals surface area contributed by atoms with Gasteiger partial charge in [-0.25, -0.2) is 9.97 Å². The Morgan fingerprint density at radius 1 is 1.33 bits per heavy atom. The fraction of sp³-hybridized carbons (Fsp3) is 0.600. The standard InChI is InChI=1S/C10H12ClN3O/c11-7-4-13-10(14-5-7)15-9-2-6-1-8(9)12-3-6/h4-6,8-9,12H,1-3H2/t6-,8+,9-/m1/s1. The second kappa shape index (κ2) is 3.61. The Balaban J connectivity index is 1.68. The van der Waals surface area contributed by atoms with Gasteiger partial charge in [-0.15, -0.1) is 0 Å². The summed E-state index contributed by atoms with van der Waals surface area (Å²) < 4.78 is 5.72. The molecular formula is C10H12ClN3O. The maximum Gasteiger partial charge on any atom is 0.316 e. The first-order valence-electron chi connectivity index (χ1n) is 5.19. The lowest BCUT2D eigenvalue weighted by Crippen LogP contribution is -2.40. The summed E-state index contributed by atoms with van der Waals surface area (Å²) in [7, 11) is 0. The first kappa shape index (κ1) is 9.36. The van der Waals surface area contributed by atoms with Gasteiger partial charge in [-0.05, 0) is 25.3 Å². The Bertz CT molecular complexity index is 356. The van der Waals surface area contributed by atoms with Crippen LogP contribution < -0.4 is 10.1 Å². The van der Waals surface area contributed by atoms with Gasteiger partial charge in [0.15, 0.2) is 0 Å². The highest BCUT2D eigenvalue weighted by atomic mass is 35.5. The topological polar surface area (TPSA) is 47.0 Å². The van der Waals surface area contributed by atoms with E-state index < -0.39 is 0 Å². The molecule has 3 atom stereocenters. The lowest BCUT2D eigenvalue weighted by atomic mass is 10.1. The monoisotopic (exact) mass is 225 g/mol. The Kier molecular flexibility index (Phi) is 2.25. The number of nitrogens with one attached hydrogen (secondary N) is 1. The van der Waals surface area contributed by atoms with Crippen molar-refractivity contribution < 1.29 is 4.74 Å². The molecule has 1 aliphatic heterocycles. The summed E-state index contributed by atoms with van der Waals surface area (Å²) in [4.78, 5) is 8.06. The molecule has 4 nitrogen and oxygen atoms in total. The van der Waals surface area contributed by atoms with Crippen LogP contribution in [-0.2, 0) is 0 Å². The van der Waals surface area contributed by atoms with Gasteiger partial charge in [0.25, 0.3) is 0 Å². The van der Waals surface area contributed by atoms with Crippen molar-refractivity contribution in [2.24, 2.45) is 5.92 Å². The number of aromatic nitrogens is 2. The molecule has 2 heterocycles. The van der Waals surface area contributed by atoms with Crippen LogP contribution >= 0.6 is 11.6 Å². The predicted molar refractivity (Wildman–Crippen MR) is 56.0 cm³/mol. The summed E-state index contributed by atoms with van der Waals surface area (Å²) in [5.74, 6) is 0.771. The molecule has 2 fully saturated rings. The first-order valence-corrected chi connectivity index (χ1v) is 5.56. The minimum absolute atomic E-state index is 0.227. The van der Waals surface area contributed by atoms with Gasteiger partial charge in [-0.1, -0.05) is 11.6 Å². The van der Waals surface area contributed by atoms with Crippen molar-refractivity contribution in [2.75, 3.05) is 6.54 Å². The third-order valence-electron chi connectivity index (χ3n) is 3.12. The van der Waals surface area contributed by atoms with Crippen molar-refractivity contribution in [3.05, 3.63) is 17.4 Å². The summed E-state index contributed by atoms with van der Waals surface area (Å²) in [5.41, 5.74) is 0. The highest BCUT2D eigenvalue weighted by molar-refractivity contribution is 6.30. The molecular weight excluding hydrogens is 214 g/mol. The fourth-order valence-corrected chi connectivity index (χ4v) is 2.52. The molecule has 1 saturated heterocycles. The molecule has 1 aromatic rings. The van der Waals surface area contributed by atoms with Crippen LogP contribution in [0, 0.1) is 5.92 Å². The summed E-state index contributed by atoms with van der Waals surface area (Å²) in [6.07, 6.45) is 5.68. The van der Waals surface area contributed by atoms with Gasteiger partial charge < -0.3 is 10.1 Å². The first-order chi connectivity index (χ1) is 7.31. The smallest absolute Gasteiger partial charge is 0.316 e. The molecule has 0 radical (unpaired) electrons. The van der Waals surface area contributed by atoms with Crippen molar-refractivity contribution >= 4 is 11.6 Å². The zero-order valence-electron chi connectivity index (χ0n) is 8.19. The normalized spacial score (nSPS) is 33.3. The molecule has 80 valence electrons. The SMILES string of the molecule is Clc1cnc(O[C@@H]2C[C@@H]3CN[C@H]2C3)nc1. The fourth-order valence-electron chi connectivity index (χ4n) is 2.43. The van der Waals surface area contributed by atoms with E-state index in [9.17, 15) is 0 Å². The minimum Gasteiger partial charge on any atom is -0.458 e. The average Bonchev–Trinajstić information content (AvgIpc) is 2.83. The molecule has 0 amide bonds. The summed E-state index contributed by atoms with van der Waals surface area (Å²) in [5, 5.41) is 3.97. The van der Waals surface area contributed by atoms with E-state index in [1.165, 1.54) is 6.42 Å². The zero-order valence-corrected chi connectivity index (χ0v) is 8.94. The Labute approximate surface area is 93.0 Å².